The number of Topliss-reactive ketones (excluding diaryl/α,β-unsaturated/α-hetero) is 1. The molecule has 1 aliphatic rings. The fourth-order valence-corrected chi connectivity index (χ4v) is 1.44. The third-order valence-electron chi connectivity index (χ3n) is 2.14. The number of benzene rings is 1. The summed E-state index contributed by atoms with van der Waals surface area (Å²) in [5.41, 5.74) is 0.323. The summed E-state index contributed by atoms with van der Waals surface area (Å²) in [6.07, 6.45) is 0. The third kappa shape index (κ3) is 1.41. The summed E-state index contributed by atoms with van der Waals surface area (Å²) in [4.78, 5) is 25.7. The number of carbonyl (C=O) groups excluding carboxylic acids is 1. The van der Waals surface area contributed by atoms with Crippen LogP contribution in [0.5, 0.6) is 0 Å². The highest BCUT2D eigenvalue weighted by Gasteiger charge is 2.37. The number of carboxylic acids is 1. The quantitative estimate of drug-likeness (QED) is 0.711. The topological polar surface area (TPSA) is 66.7 Å². The Morgan fingerprint density at radius 2 is 2.07 bits per heavy atom. The van der Waals surface area contributed by atoms with Gasteiger partial charge in [0.25, 0.3) is 0 Å². The average molecular weight is 207 g/mol. The molecule has 76 valence electrons. The monoisotopic (exact) mass is 207 g/mol. The number of aliphatic carboxylic acids is 1. The maximum atomic E-state index is 13.2. The molecule has 1 heterocycles. The van der Waals surface area contributed by atoms with Crippen LogP contribution in [0, 0.1) is 5.92 Å². The molecule has 15 heavy (non-hydrogen) atoms. The Morgan fingerprint density at radius 3 is 2.73 bits per heavy atom. The van der Waals surface area contributed by atoms with Gasteiger partial charge < -0.3 is 5.11 Å². The predicted molar refractivity (Wildman–Crippen MR) is 50.1 cm³/mol. The number of nitrogens with zero attached hydrogens (tertiary/aromatic N) is 1. The number of aliphatic imine (C=N–C) groups is 1. The van der Waals surface area contributed by atoms with E-state index in [-0.39, 0.29) is 11.3 Å². The molecule has 0 saturated carbocycles. The standard InChI is InChI=1S/C10H6FNO3/c11-9-7(10(14)15)8(13)5-3-1-2-4-6(5)12-9/h1-4,7H,(H,14,15). The second-order valence-corrected chi connectivity index (χ2v) is 3.09. The van der Waals surface area contributed by atoms with Crippen LogP contribution in [0.3, 0.4) is 0 Å². The van der Waals surface area contributed by atoms with Gasteiger partial charge in [-0.05, 0) is 12.1 Å². The van der Waals surface area contributed by atoms with Gasteiger partial charge >= 0.3 is 5.97 Å². The number of hydrogen-bond donors (Lipinski definition) is 1. The normalized spacial score (nSPS) is 19.4. The van der Waals surface area contributed by atoms with Crippen LogP contribution in [0.15, 0.2) is 29.3 Å². The lowest BCUT2D eigenvalue weighted by Gasteiger charge is -2.15. The highest BCUT2D eigenvalue weighted by molar-refractivity contribution is 6.25. The number of rotatable bonds is 1. The average Bonchev–Trinajstić information content (AvgIpc) is 2.17. The molecule has 1 N–H and O–H groups in total. The van der Waals surface area contributed by atoms with Gasteiger partial charge in [0.15, 0.2) is 11.7 Å². The van der Waals surface area contributed by atoms with Crippen molar-refractivity contribution in [2.75, 3.05) is 0 Å². The number of halogens is 1. The third-order valence-corrected chi connectivity index (χ3v) is 2.14. The molecule has 1 aromatic carbocycles. The molecule has 0 bridgehead atoms. The van der Waals surface area contributed by atoms with Gasteiger partial charge in [-0.25, -0.2) is 4.99 Å². The molecule has 0 amide bonds. The summed E-state index contributed by atoms with van der Waals surface area (Å²) in [5.74, 6) is -5.23. The first-order valence-corrected chi connectivity index (χ1v) is 4.21. The molecule has 5 heteroatoms. The highest BCUT2D eigenvalue weighted by atomic mass is 19.1. The fraction of sp³-hybridized carbons (Fsp3) is 0.100. The molecular formula is C10H6FNO3. The molecule has 2 rings (SSSR count). The van der Waals surface area contributed by atoms with Crippen molar-refractivity contribution in [1.82, 2.24) is 0 Å². The van der Waals surface area contributed by atoms with E-state index in [0.717, 1.165) is 0 Å². The number of fused-ring (bicyclic) bond motifs is 1. The lowest BCUT2D eigenvalue weighted by atomic mass is 9.94. The van der Waals surface area contributed by atoms with E-state index in [1.165, 1.54) is 12.1 Å². The van der Waals surface area contributed by atoms with Crippen molar-refractivity contribution >= 4 is 23.4 Å². The zero-order chi connectivity index (χ0) is 11.0. The Kier molecular flexibility index (Phi) is 2.07. The summed E-state index contributed by atoms with van der Waals surface area (Å²) in [6, 6.07) is 6.08. The van der Waals surface area contributed by atoms with Crippen LogP contribution in [-0.4, -0.2) is 22.8 Å². The second-order valence-electron chi connectivity index (χ2n) is 3.09. The Balaban J connectivity index is 2.59. The number of hydrogen-bond acceptors (Lipinski definition) is 3. The van der Waals surface area contributed by atoms with Gasteiger partial charge in [0.2, 0.25) is 5.97 Å². The van der Waals surface area contributed by atoms with Crippen molar-refractivity contribution in [3.63, 3.8) is 0 Å². The molecule has 1 atom stereocenters. The molecule has 1 aromatic rings. The zero-order valence-electron chi connectivity index (χ0n) is 7.48. The fourth-order valence-electron chi connectivity index (χ4n) is 1.44. The summed E-state index contributed by atoms with van der Waals surface area (Å²) < 4.78 is 13.2. The first-order valence-electron chi connectivity index (χ1n) is 4.21. The van der Waals surface area contributed by atoms with Crippen LogP contribution >= 0.6 is 0 Å². The lowest BCUT2D eigenvalue weighted by molar-refractivity contribution is -0.138. The Labute approximate surface area is 84.1 Å². The van der Waals surface area contributed by atoms with Crippen LogP contribution in [0.4, 0.5) is 10.1 Å². The Morgan fingerprint density at radius 1 is 1.40 bits per heavy atom. The first-order chi connectivity index (χ1) is 7.11. The van der Waals surface area contributed by atoms with E-state index in [9.17, 15) is 14.0 Å². The van der Waals surface area contributed by atoms with Gasteiger partial charge in [-0.15, -0.1) is 0 Å². The number of ketones is 1. The van der Waals surface area contributed by atoms with Crippen LogP contribution in [0.2, 0.25) is 0 Å². The molecule has 0 aliphatic carbocycles. The van der Waals surface area contributed by atoms with Crippen molar-refractivity contribution < 1.29 is 19.1 Å². The Hall–Kier alpha value is -2.04. The Bertz CT molecular complexity index is 481. The summed E-state index contributed by atoms with van der Waals surface area (Å²) in [6.45, 7) is 0. The molecule has 1 aliphatic heterocycles. The van der Waals surface area contributed by atoms with Gasteiger partial charge in [0.05, 0.1) is 5.69 Å². The largest absolute Gasteiger partial charge is 0.480 e. The van der Waals surface area contributed by atoms with Gasteiger partial charge in [0.1, 0.15) is 0 Å². The van der Waals surface area contributed by atoms with Crippen LogP contribution in [0.1, 0.15) is 10.4 Å². The molecule has 4 nitrogen and oxygen atoms in total. The summed E-state index contributed by atoms with van der Waals surface area (Å²) in [5, 5.41) is 8.66. The van der Waals surface area contributed by atoms with E-state index in [2.05, 4.69) is 4.99 Å². The molecular weight excluding hydrogens is 201 g/mol. The number of carbonyl (C=O) groups is 2. The van der Waals surface area contributed by atoms with E-state index in [1.807, 2.05) is 0 Å². The number of carboxylic acid groups (broad SMARTS) is 1. The maximum Gasteiger partial charge on any atom is 0.323 e. The van der Waals surface area contributed by atoms with Crippen LogP contribution in [0.25, 0.3) is 0 Å². The molecule has 0 saturated heterocycles. The highest BCUT2D eigenvalue weighted by Crippen LogP contribution is 2.28. The SMILES string of the molecule is O=C(O)C1C(=O)c2ccccc2N=C1F. The van der Waals surface area contributed by atoms with E-state index < -0.39 is 23.6 Å². The molecule has 0 aromatic heterocycles. The van der Waals surface area contributed by atoms with E-state index in [4.69, 9.17) is 5.11 Å². The maximum absolute atomic E-state index is 13.2. The van der Waals surface area contributed by atoms with Crippen molar-refractivity contribution in [1.29, 1.82) is 0 Å². The molecule has 0 spiro atoms. The van der Waals surface area contributed by atoms with Crippen molar-refractivity contribution in [3.8, 4) is 0 Å². The zero-order valence-corrected chi connectivity index (χ0v) is 7.48. The van der Waals surface area contributed by atoms with Gasteiger partial charge in [-0.3, -0.25) is 9.59 Å². The van der Waals surface area contributed by atoms with Crippen molar-refractivity contribution in [2.24, 2.45) is 10.9 Å². The summed E-state index contributed by atoms with van der Waals surface area (Å²) in [7, 11) is 0. The van der Waals surface area contributed by atoms with Crippen LogP contribution < -0.4 is 0 Å². The van der Waals surface area contributed by atoms with E-state index in [0.29, 0.717) is 0 Å². The van der Waals surface area contributed by atoms with Crippen molar-refractivity contribution in [3.05, 3.63) is 29.8 Å². The predicted octanol–water partition coefficient (Wildman–Crippen LogP) is 1.58. The minimum absolute atomic E-state index is 0.145. The van der Waals surface area contributed by atoms with E-state index >= 15 is 0 Å². The minimum Gasteiger partial charge on any atom is -0.480 e. The van der Waals surface area contributed by atoms with Gasteiger partial charge in [-0.2, -0.15) is 4.39 Å². The lowest BCUT2D eigenvalue weighted by Crippen LogP contribution is -2.31. The van der Waals surface area contributed by atoms with Crippen LogP contribution in [-0.2, 0) is 4.79 Å². The minimum atomic E-state index is -1.79. The summed E-state index contributed by atoms with van der Waals surface area (Å²) >= 11 is 0. The number of para-hydroxylation sites is 1. The molecule has 1 unspecified atom stereocenters. The van der Waals surface area contributed by atoms with E-state index in [1.54, 1.807) is 12.1 Å². The smallest absolute Gasteiger partial charge is 0.323 e. The second kappa shape index (κ2) is 3.27. The van der Waals surface area contributed by atoms with Gasteiger partial charge in [0, 0.05) is 5.56 Å². The van der Waals surface area contributed by atoms with Gasteiger partial charge in [-0.1, -0.05) is 12.1 Å². The first kappa shape index (κ1) is 9.51. The molecule has 0 radical (unpaired) electrons. The molecule has 0 fully saturated rings. The van der Waals surface area contributed by atoms with Crippen molar-refractivity contribution in [2.45, 2.75) is 0 Å².